The van der Waals surface area contributed by atoms with E-state index in [9.17, 15) is 22.8 Å². The molecule has 4 N–H and O–H groups in total. The average molecular weight is 583 g/mol. The van der Waals surface area contributed by atoms with Crippen molar-refractivity contribution < 1.29 is 42.3 Å². The lowest BCUT2D eigenvalue weighted by molar-refractivity contribution is -0.142. The van der Waals surface area contributed by atoms with E-state index in [1.54, 1.807) is 0 Å². The third-order valence-electron chi connectivity index (χ3n) is 4.08. The highest BCUT2D eigenvalue weighted by atomic mass is 127. The van der Waals surface area contributed by atoms with Gasteiger partial charge in [-0.25, -0.2) is 18.7 Å². The lowest BCUT2D eigenvalue weighted by atomic mass is 10.1. The smallest absolute Gasteiger partial charge is 0.307 e. The normalized spacial score (nSPS) is 10.7. The number of hydrogen-bond donors (Lipinski definition) is 4. The molecule has 0 aliphatic rings. The predicted molar refractivity (Wildman–Crippen MR) is 119 cm³/mol. The monoisotopic (exact) mass is 583 g/mol. The molecule has 0 fully saturated rings. The van der Waals surface area contributed by atoms with E-state index in [1.807, 2.05) is 28.1 Å². The summed E-state index contributed by atoms with van der Waals surface area (Å²) in [7, 11) is 1.21. The Morgan fingerprint density at radius 1 is 1.09 bits per heavy atom. The maximum atomic E-state index is 14.9. The van der Waals surface area contributed by atoms with Gasteiger partial charge in [-0.15, -0.1) is 0 Å². The van der Waals surface area contributed by atoms with Gasteiger partial charge in [-0.05, 0) is 46.9 Å². The van der Waals surface area contributed by atoms with Gasteiger partial charge in [-0.1, -0.05) is 0 Å². The highest BCUT2D eigenvalue weighted by Gasteiger charge is 2.24. The van der Waals surface area contributed by atoms with Crippen LogP contribution in [0.4, 0.5) is 24.5 Å². The molecule has 33 heavy (non-hydrogen) atoms. The summed E-state index contributed by atoms with van der Waals surface area (Å²) in [6.45, 7) is -1.09. The van der Waals surface area contributed by atoms with Crippen LogP contribution in [0.1, 0.15) is 22.3 Å². The molecular formula is C20H21F3IN3O6. The fraction of sp³-hybridized carbons (Fsp3) is 0.300. The summed E-state index contributed by atoms with van der Waals surface area (Å²) in [4.78, 5) is 33.3. The number of nitrogens with one attached hydrogen (secondary N) is 3. The number of halogens is 4. The van der Waals surface area contributed by atoms with Crippen molar-refractivity contribution in [3.05, 3.63) is 56.4 Å². The second kappa shape index (κ2) is 13.3. The number of hydrogen-bond acceptors (Lipinski definition) is 8. The molecule has 0 unspecified atom stereocenters. The third-order valence-corrected chi connectivity index (χ3v) is 4.75. The number of carbonyl (C=O) groups excluding carboxylic acids is 2. The number of rotatable bonds is 12. The fourth-order valence-electron chi connectivity index (χ4n) is 2.49. The van der Waals surface area contributed by atoms with Crippen molar-refractivity contribution >= 4 is 45.8 Å². The SMILES string of the molecule is COC(=O)CCONCc1cc(C(=O)NOCCO)c(Nc2ccc(I)cc2F)c(F)c1F. The van der Waals surface area contributed by atoms with E-state index in [0.29, 0.717) is 3.57 Å². The molecule has 0 atom stereocenters. The topological polar surface area (TPSA) is 118 Å². The van der Waals surface area contributed by atoms with Gasteiger partial charge >= 0.3 is 5.97 Å². The van der Waals surface area contributed by atoms with E-state index < -0.39 is 47.2 Å². The maximum Gasteiger partial charge on any atom is 0.307 e. The number of carbonyl (C=O) groups is 2. The van der Waals surface area contributed by atoms with Crippen molar-refractivity contribution in [3.63, 3.8) is 0 Å². The van der Waals surface area contributed by atoms with E-state index in [1.165, 1.54) is 25.3 Å². The Hall–Kier alpha value is -2.46. The van der Waals surface area contributed by atoms with Crippen molar-refractivity contribution in [1.82, 2.24) is 11.0 Å². The van der Waals surface area contributed by atoms with Crippen molar-refractivity contribution in [2.24, 2.45) is 0 Å². The van der Waals surface area contributed by atoms with Gasteiger partial charge in [0.1, 0.15) is 5.82 Å². The summed E-state index contributed by atoms with van der Waals surface area (Å²) in [5, 5.41) is 11.2. The number of anilines is 2. The Balaban J connectivity index is 2.30. The Labute approximate surface area is 200 Å². The molecule has 180 valence electrons. The summed E-state index contributed by atoms with van der Waals surface area (Å²) in [6.07, 6.45) is -0.0688. The minimum Gasteiger partial charge on any atom is -0.469 e. The maximum absolute atomic E-state index is 14.9. The number of hydroxylamine groups is 2. The Morgan fingerprint density at radius 3 is 2.52 bits per heavy atom. The van der Waals surface area contributed by atoms with Crippen LogP contribution in [0.2, 0.25) is 0 Å². The van der Waals surface area contributed by atoms with Crippen LogP contribution in [0.25, 0.3) is 0 Å². The van der Waals surface area contributed by atoms with Crippen LogP contribution in [-0.4, -0.2) is 43.9 Å². The molecule has 0 aromatic heterocycles. The first-order valence-corrected chi connectivity index (χ1v) is 10.5. The van der Waals surface area contributed by atoms with E-state index in [2.05, 4.69) is 15.5 Å². The molecule has 1 amide bonds. The molecule has 0 spiro atoms. The second-order valence-electron chi connectivity index (χ2n) is 6.33. The molecule has 13 heteroatoms. The van der Waals surface area contributed by atoms with Gasteiger partial charge in [-0.3, -0.25) is 14.4 Å². The van der Waals surface area contributed by atoms with E-state index in [4.69, 9.17) is 14.8 Å². The molecule has 2 aromatic rings. The Kier molecular flexibility index (Phi) is 10.8. The van der Waals surface area contributed by atoms with Crippen LogP contribution in [0.15, 0.2) is 24.3 Å². The lowest BCUT2D eigenvalue weighted by Crippen LogP contribution is -2.27. The van der Waals surface area contributed by atoms with E-state index >= 15 is 0 Å². The van der Waals surface area contributed by atoms with Gasteiger partial charge in [0.15, 0.2) is 11.6 Å². The summed E-state index contributed by atoms with van der Waals surface area (Å²) in [6, 6.07) is 5.04. The van der Waals surface area contributed by atoms with Crippen molar-refractivity contribution in [2.75, 3.05) is 32.2 Å². The molecule has 2 aromatic carbocycles. The van der Waals surface area contributed by atoms with Crippen LogP contribution in [0.5, 0.6) is 0 Å². The standard InChI is InChI=1S/C20H21F3IN3O6/c1-31-16(29)4-6-32-25-10-11-8-13(20(30)27-33-7-5-28)19(18(23)17(11)22)26-15-3-2-12(24)9-14(15)21/h2-3,8-9,25-26,28H,4-7,10H2,1H3,(H,27,30). The zero-order valence-electron chi connectivity index (χ0n) is 17.3. The molecule has 9 nitrogen and oxygen atoms in total. The van der Waals surface area contributed by atoms with Gasteiger partial charge in [-0.2, -0.15) is 5.48 Å². The highest BCUT2D eigenvalue weighted by molar-refractivity contribution is 14.1. The minimum atomic E-state index is -1.44. The van der Waals surface area contributed by atoms with Gasteiger partial charge in [0, 0.05) is 15.7 Å². The van der Waals surface area contributed by atoms with Gasteiger partial charge < -0.3 is 20.0 Å². The predicted octanol–water partition coefficient (Wildman–Crippen LogP) is 2.69. The molecule has 0 radical (unpaired) electrons. The van der Waals surface area contributed by atoms with Crippen LogP contribution < -0.4 is 16.3 Å². The van der Waals surface area contributed by atoms with Crippen molar-refractivity contribution in [1.29, 1.82) is 0 Å². The number of aliphatic hydroxyl groups excluding tert-OH is 1. The van der Waals surface area contributed by atoms with Crippen LogP contribution >= 0.6 is 22.6 Å². The van der Waals surface area contributed by atoms with Gasteiger partial charge in [0.25, 0.3) is 5.91 Å². The minimum absolute atomic E-state index is 0.0688. The largest absolute Gasteiger partial charge is 0.469 e. The molecule has 0 heterocycles. The number of aliphatic hydroxyl groups is 1. The number of ether oxygens (including phenoxy) is 1. The van der Waals surface area contributed by atoms with Crippen molar-refractivity contribution in [2.45, 2.75) is 13.0 Å². The van der Waals surface area contributed by atoms with Crippen molar-refractivity contribution in [3.8, 4) is 0 Å². The number of amides is 1. The van der Waals surface area contributed by atoms with Crippen LogP contribution in [-0.2, 0) is 25.8 Å². The molecule has 0 bridgehead atoms. The zero-order valence-corrected chi connectivity index (χ0v) is 19.5. The molecule has 0 saturated heterocycles. The second-order valence-corrected chi connectivity index (χ2v) is 7.58. The molecule has 0 aliphatic carbocycles. The van der Waals surface area contributed by atoms with E-state index in [0.717, 1.165) is 6.07 Å². The first kappa shape index (κ1) is 26.8. The fourth-order valence-corrected chi connectivity index (χ4v) is 2.94. The molecule has 2 rings (SSSR count). The summed E-state index contributed by atoms with van der Waals surface area (Å²) in [5.41, 5.74) is 2.87. The van der Waals surface area contributed by atoms with Gasteiger partial charge in [0.2, 0.25) is 0 Å². The van der Waals surface area contributed by atoms with Gasteiger partial charge in [0.05, 0.1) is 50.3 Å². The summed E-state index contributed by atoms with van der Waals surface area (Å²) < 4.78 is 48.9. The first-order valence-electron chi connectivity index (χ1n) is 9.45. The summed E-state index contributed by atoms with van der Waals surface area (Å²) >= 11 is 1.88. The van der Waals surface area contributed by atoms with E-state index in [-0.39, 0.29) is 37.4 Å². The summed E-state index contributed by atoms with van der Waals surface area (Å²) in [5.74, 6) is -4.97. The molecule has 0 aliphatic heterocycles. The molecular weight excluding hydrogens is 562 g/mol. The third kappa shape index (κ3) is 7.82. The number of methoxy groups -OCH3 is 1. The zero-order chi connectivity index (χ0) is 24.4. The number of esters is 1. The van der Waals surface area contributed by atoms with Crippen LogP contribution in [0, 0.1) is 21.0 Å². The first-order chi connectivity index (χ1) is 15.8. The highest BCUT2D eigenvalue weighted by Crippen LogP contribution is 2.30. The van der Waals surface area contributed by atoms with Crippen LogP contribution in [0.3, 0.4) is 0 Å². The lowest BCUT2D eigenvalue weighted by Gasteiger charge is -2.17. The Morgan fingerprint density at radius 2 is 1.85 bits per heavy atom. The number of benzene rings is 2. The average Bonchev–Trinajstić information content (AvgIpc) is 2.79. The quantitative estimate of drug-likeness (QED) is 0.131. The Bertz CT molecular complexity index is 996. The molecule has 0 saturated carbocycles.